The van der Waals surface area contributed by atoms with Crippen molar-refractivity contribution in [1.82, 2.24) is 10.2 Å². The number of amidine groups is 1. The van der Waals surface area contributed by atoms with Gasteiger partial charge in [-0.2, -0.15) is 5.10 Å². The third-order valence-electron chi connectivity index (χ3n) is 1.59. The SMILES string of the molecule is C=N/N=C(/N)C1=C(N)N(C)CN1. The molecule has 0 saturated carbocycles. The van der Waals surface area contributed by atoms with Crippen LogP contribution in [0.25, 0.3) is 0 Å². The fourth-order valence-corrected chi connectivity index (χ4v) is 0.912. The number of hydrogen-bond donors (Lipinski definition) is 3. The Bertz CT molecular complexity index is 253. The van der Waals surface area contributed by atoms with Crippen LogP contribution in [0.15, 0.2) is 21.7 Å². The number of hydrogen-bond acceptors (Lipinski definition) is 5. The molecule has 0 bridgehead atoms. The summed E-state index contributed by atoms with van der Waals surface area (Å²) in [5, 5.41) is 9.85. The normalized spacial score (nSPS) is 18.1. The van der Waals surface area contributed by atoms with Crippen LogP contribution in [-0.4, -0.2) is 31.2 Å². The number of nitrogens with one attached hydrogen (secondary N) is 1. The van der Waals surface area contributed by atoms with Crippen molar-refractivity contribution in [3.63, 3.8) is 0 Å². The van der Waals surface area contributed by atoms with Crippen LogP contribution in [0.2, 0.25) is 0 Å². The quantitative estimate of drug-likeness (QED) is 0.268. The van der Waals surface area contributed by atoms with Gasteiger partial charge in [0.15, 0.2) is 5.84 Å². The second kappa shape index (κ2) is 3.12. The molecule has 0 fully saturated rings. The van der Waals surface area contributed by atoms with Gasteiger partial charge in [0.2, 0.25) is 0 Å². The Hall–Kier alpha value is -1.72. The summed E-state index contributed by atoms with van der Waals surface area (Å²) in [6.45, 7) is 3.83. The Balaban J connectivity index is 2.89. The van der Waals surface area contributed by atoms with Gasteiger partial charge in [-0.3, -0.25) is 0 Å². The first-order valence-electron chi connectivity index (χ1n) is 3.41. The van der Waals surface area contributed by atoms with Crippen molar-refractivity contribution >= 4 is 12.6 Å². The first kappa shape index (κ1) is 8.38. The zero-order valence-electron chi connectivity index (χ0n) is 6.91. The van der Waals surface area contributed by atoms with E-state index in [1.165, 1.54) is 0 Å². The topological polar surface area (TPSA) is 92.0 Å². The van der Waals surface area contributed by atoms with Crippen LogP contribution in [0, 0.1) is 0 Å². The van der Waals surface area contributed by atoms with Crippen molar-refractivity contribution in [2.24, 2.45) is 21.7 Å². The highest BCUT2D eigenvalue weighted by Gasteiger charge is 2.18. The Kier molecular flexibility index (Phi) is 2.18. The molecule has 6 nitrogen and oxygen atoms in total. The van der Waals surface area contributed by atoms with E-state index < -0.39 is 0 Å². The van der Waals surface area contributed by atoms with E-state index in [0.29, 0.717) is 18.2 Å². The Morgan fingerprint density at radius 3 is 2.83 bits per heavy atom. The molecular weight excluding hydrogens is 156 g/mol. The molecule has 0 aromatic carbocycles. The van der Waals surface area contributed by atoms with E-state index >= 15 is 0 Å². The molecule has 0 aromatic heterocycles. The molecule has 5 N–H and O–H groups in total. The summed E-state index contributed by atoms with van der Waals surface area (Å²) in [7, 11) is 1.85. The van der Waals surface area contributed by atoms with Gasteiger partial charge in [0.05, 0.1) is 6.67 Å². The zero-order valence-corrected chi connectivity index (χ0v) is 6.91. The minimum absolute atomic E-state index is 0.256. The van der Waals surface area contributed by atoms with Crippen LogP contribution in [0.5, 0.6) is 0 Å². The average molecular weight is 168 g/mol. The molecule has 0 aromatic rings. The molecule has 1 aliphatic rings. The first-order valence-corrected chi connectivity index (χ1v) is 3.41. The Morgan fingerprint density at radius 2 is 2.42 bits per heavy atom. The highest BCUT2D eigenvalue weighted by atomic mass is 15.3. The largest absolute Gasteiger partial charge is 0.383 e. The predicted molar refractivity (Wildman–Crippen MR) is 48.2 cm³/mol. The molecule has 1 aliphatic heterocycles. The first-order chi connectivity index (χ1) is 5.66. The number of nitrogens with two attached hydrogens (primary N) is 2. The predicted octanol–water partition coefficient (Wildman–Crippen LogP) is -1.42. The van der Waals surface area contributed by atoms with Gasteiger partial charge in [0.1, 0.15) is 11.5 Å². The molecule has 1 rings (SSSR count). The van der Waals surface area contributed by atoms with Gasteiger partial charge < -0.3 is 21.7 Å². The molecule has 0 aliphatic carbocycles. The minimum atomic E-state index is 0.256. The molecule has 0 saturated heterocycles. The van der Waals surface area contributed by atoms with Crippen molar-refractivity contribution in [2.45, 2.75) is 0 Å². The van der Waals surface area contributed by atoms with Gasteiger partial charge in [0, 0.05) is 13.8 Å². The lowest BCUT2D eigenvalue weighted by molar-refractivity contribution is 0.437. The van der Waals surface area contributed by atoms with Gasteiger partial charge in [-0.25, -0.2) is 0 Å². The lowest BCUT2D eigenvalue weighted by Crippen LogP contribution is -2.24. The summed E-state index contributed by atoms with van der Waals surface area (Å²) in [5.74, 6) is 0.826. The zero-order chi connectivity index (χ0) is 9.14. The van der Waals surface area contributed by atoms with E-state index in [1.54, 1.807) is 0 Å². The fraction of sp³-hybridized carbons (Fsp3) is 0.333. The molecule has 12 heavy (non-hydrogen) atoms. The van der Waals surface area contributed by atoms with Crippen molar-refractivity contribution < 1.29 is 0 Å². The third-order valence-corrected chi connectivity index (χ3v) is 1.59. The van der Waals surface area contributed by atoms with Gasteiger partial charge in [-0.15, -0.1) is 5.10 Å². The summed E-state index contributed by atoms with van der Waals surface area (Å²) in [4.78, 5) is 1.82. The van der Waals surface area contributed by atoms with E-state index in [-0.39, 0.29) is 5.84 Å². The van der Waals surface area contributed by atoms with E-state index in [9.17, 15) is 0 Å². The molecule has 6 heteroatoms. The van der Waals surface area contributed by atoms with E-state index in [2.05, 4.69) is 22.2 Å². The summed E-state index contributed by atoms with van der Waals surface area (Å²) >= 11 is 0. The van der Waals surface area contributed by atoms with E-state index in [4.69, 9.17) is 11.5 Å². The molecule has 0 radical (unpaired) electrons. The Morgan fingerprint density at radius 1 is 1.75 bits per heavy atom. The monoisotopic (exact) mass is 168 g/mol. The molecule has 0 unspecified atom stereocenters. The van der Waals surface area contributed by atoms with Crippen LogP contribution in [0.1, 0.15) is 0 Å². The van der Waals surface area contributed by atoms with Gasteiger partial charge >= 0.3 is 0 Å². The number of rotatable bonds is 2. The summed E-state index contributed by atoms with van der Waals surface area (Å²) < 4.78 is 0. The van der Waals surface area contributed by atoms with Crippen LogP contribution < -0.4 is 16.8 Å². The van der Waals surface area contributed by atoms with Crippen molar-refractivity contribution in [3.8, 4) is 0 Å². The standard InChI is InChI=1S/C6H12N6/c1-9-11-5(7)4-6(8)12(2)3-10-4/h10H,1,3,8H2,2H3,(H2,7,11). The molecule has 1 heterocycles. The fourth-order valence-electron chi connectivity index (χ4n) is 0.912. The van der Waals surface area contributed by atoms with Crippen molar-refractivity contribution in [3.05, 3.63) is 11.5 Å². The molecule has 0 atom stereocenters. The maximum Gasteiger partial charge on any atom is 0.173 e. The average Bonchev–Trinajstić information content (AvgIpc) is 2.34. The lowest BCUT2D eigenvalue weighted by atomic mass is 10.4. The van der Waals surface area contributed by atoms with Crippen molar-refractivity contribution in [1.29, 1.82) is 0 Å². The van der Waals surface area contributed by atoms with Gasteiger partial charge in [0.25, 0.3) is 0 Å². The lowest BCUT2D eigenvalue weighted by Gasteiger charge is -2.08. The van der Waals surface area contributed by atoms with Gasteiger partial charge in [-0.1, -0.05) is 0 Å². The molecule has 0 amide bonds. The maximum absolute atomic E-state index is 5.67. The third kappa shape index (κ3) is 1.31. The highest BCUT2D eigenvalue weighted by molar-refractivity contribution is 5.97. The van der Waals surface area contributed by atoms with E-state index in [1.807, 2.05) is 11.9 Å². The highest BCUT2D eigenvalue weighted by Crippen LogP contribution is 2.06. The summed E-state index contributed by atoms with van der Waals surface area (Å²) in [6.07, 6.45) is 0. The van der Waals surface area contributed by atoms with Gasteiger partial charge in [-0.05, 0) is 0 Å². The van der Waals surface area contributed by atoms with Crippen molar-refractivity contribution in [2.75, 3.05) is 13.7 Å². The van der Waals surface area contributed by atoms with Crippen LogP contribution >= 0.6 is 0 Å². The molecular formula is C6H12N6. The van der Waals surface area contributed by atoms with Crippen LogP contribution in [0.4, 0.5) is 0 Å². The molecule has 0 spiro atoms. The second-order valence-corrected chi connectivity index (χ2v) is 2.42. The van der Waals surface area contributed by atoms with Crippen LogP contribution in [0.3, 0.4) is 0 Å². The summed E-state index contributed by atoms with van der Waals surface area (Å²) in [5.41, 5.74) is 11.8. The van der Waals surface area contributed by atoms with E-state index in [0.717, 1.165) is 0 Å². The number of nitrogens with zero attached hydrogens (tertiary/aromatic N) is 3. The maximum atomic E-state index is 5.67. The minimum Gasteiger partial charge on any atom is -0.383 e. The second-order valence-electron chi connectivity index (χ2n) is 2.42. The van der Waals surface area contributed by atoms with Crippen LogP contribution in [-0.2, 0) is 0 Å². The Labute approximate surface area is 70.6 Å². The molecule has 66 valence electrons. The smallest absolute Gasteiger partial charge is 0.173 e. The summed E-state index contributed by atoms with van der Waals surface area (Å²) in [6, 6.07) is 0.